The lowest BCUT2D eigenvalue weighted by Gasteiger charge is -2.43. The first-order chi connectivity index (χ1) is 14.2. The van der Waals surface area contributed by atoms with Gasteiger partial charge in [-0.15, -0.1) is 0 Å². The van der Waals surface area contributed by atoms with E-state index in [1.54, 1.807) is 5.43 Å². The number of rotatable bonds is 4. The summed E-state index contributed by atoms with van der Waals surface area (Å²) in [7, 11) is 0. The molecule has 10 heteroatoms. The first-order valence-corrected chi connectivity index (χ1v) is 9.54. The minimum Gasteiger partial charge on any atom is -0.345 e. The Morgan fingerprint density at radius 1 is 1.00 bits per heavy atom. The predicted octanol–water partition coefficient (Wildman–Crippen LogP) is 3.63. The van der Waals surface area contributed by atoms with Gasteiger partial charge in [0.2, 0.25) is 5.95 Å². The Bertz CT molecular complexity index is 864. The molecule has 3 N–H and O–H groups in total. The van der Waals surface area contributed by atoms with Crippen molar-refractivity contribution in [2.45, 2.75) is 51.7 Å². The van der Waals surface area contributed by atoms with E-state index in [9.17, 15) is 22.8 Å². The molecule has 1 aromatic carbocycles. The number of nitrogens with one attached hydrogen (secondary N) is 3. The Hall–Kier alpha value is -3.17. The Morgan fingerprint density at radius 3 is 2.03 bits per heavy atom. The fourth-order valence-electron chi connectivity index (χ4n) is 2.87. The summed E-state index contributed by atoms with van der Waals surface area (Å²) in [6, 6.07) is 8.15. The third-order valence-corrected chi connectivity index (χ3v) is 4.62. The van der Waals surface area contributed by atoms with Crippen molar-refractivity contribution in [3.63, 3.8) is 0 Å². The minimum atomic E-state index is -5.09. The van der Waals surface area contributed by atoms with Gasteiger partial charge in [-0.05, 0) is 31.7 Å². The number of carbonyl (C=O) groups is 2. The number of amides is 2. The Kier molecular flexibility index (Phi) is 7.36. The van der Waals surface area contributed by atoms with Gasteiger partial charge in [-0.25, -0.2) is 9.97 Å². The van der Waals surface area contributed by atoms with Crippen LogP contribution in [-0.4, -0.2) is 28.0 Å². The summed E-state index contributed by atoms with van der Waals surface area (Å²) in [6.07, 6.45) is 0.124. The van der Waals surface area contributed by atoms with Crippen LogP contribution in [0.4, 0.5) is 19.1 Å². The van der Waals surface area contributed by atoms with Gasteiger partial charge in [0.25, 0.3) is 5.91 Å². The van der Waals surface area contributed by atoms with Crippen molar-refractivity contribution in [1.82, 2.24) is 20.8 Å². The number of anilines is 1. The second-order valence-electron chi connectivity index (χ2n) is 6.63. The van der Waals surface area contributed by atoms with Crippen LogP contribution in [0.25, 0.3) is 0 Å². The van der Waals surface area contributed by atoms with E-state index < -0.39 is 18.0 Å². The van der Waals surface area contributed by atoms with E-state index in [0.29, 0.717) is 5.95 Å². The summed E-state index contributed by atoms with van der Waals surface area (Å²) >= 11 is 0. The fraction of sp³-hybridized carbons (Fsp3) is 0.400. The molecule has 1 saturated carbocycles. The van der Waals surface area contributed by atoms with Crippen LogP contribution in [0, 0.1) is 6.92 Å². The normalized spacial score (nSPS) is 14.5. The molecule has 3 rings (SSSR count). The third kappa shape index (κ3) is 5.46. The Morgan fingerprint density at radius 2 is 1.57 bits per heavy atom. The molecule has 1 fully saturated rings. The zero-order valence-electron chi connectivity index (χ0n) is 16.9. The summed E-state index contributed by atoms with van der Waals surface area (Å²) in [5.41, 5.74) is 4.85. The summed E-state index contributed by atoms with van der Waals surface area (Å²) in [6.45, 7) is 6.01. The van der Waals surface area contributed by atoms with E-state index in [-0.39, 0.29) is 11.1 Å². The molecule has 1 aliphatic rings. The molecule has 0 atom stereocenters. The number of hydrazine groups is 1. The largest absolute Gasteiger partial charge is 0.472 e. The van der Waals surface area contributed by atoms with Gasteiger partial charge in [-0.1, -0.05) is 43.7 Å². The highest BCUT2D eigenvalue weighted by molar-refractivity contribution is 5.95. The molecule has 30 heavy (non-hydrogen) atoms. The van der Waals surface area contributed by atoms with Crippen molar-refractivity contribution in [2.75, 3.05) is 5.32 Å². The average Bonchev–Trinajstić information content (AvgIpc) is 2.70. The molecule has 1 aromatic heterocycles. The molecular weight excluding hydrogens is 399 g/mol. The highest BCUT2D eigenvalue weighted by Gasteiger charge is 2.40. The number of nitrogens with zero attached hydrogens (tertiary/aromatic N) is 2. The summed E-state index contributed by atoms with van der Waals surface area (Å²) in [5, 5.41) is 3.29. The maximum atomic E-state index is 12.1. The molecule has 1 aliphatic carbocycles. The number of hydrogen-bond acceptors (Lipinski definition) is 5. The van der Waals surface area contributed by atoms with E-state index in [0.717, 1.165) is 30.4 Å². The van der Waals surface area contributed by atoms with Gasteiger partial charge in [0.05, 0.1) is 11.1 Å². The summed E-state index contributed by atoms with van der Waals surface area (Å²) in [5.74, 6) is -2.93. The highest BCUT2D eigenvalue weighted by atomic mass is 19.4. The Balaban J connectivity index is 0.00000155. The lowest BCUT2D eigenvalue weighted by atomic mass is 9.72. The zero-order valence-corrected chi connectivity index (χ0v) is 16.9. The van der Waals surface area contributed by atoms with Gasteiger partial charge in [0, 0.05) is 12.4 Å². The van der Waals surface area contributed by atoms with Crippen molar-refractivity contribution in [3.8, 4) is 0 Å². The maximum absolute atomic E-state index is 12.1. The molecule has 0 saturated heterocycles. The van der Waals surface area contributed by atoms with Crippen LogP contribution in [0.15, 0.2) is 36.7 Å². The van der Waals surface area contributed by atoms with Crippen molar-refractivity contribution in [3.05, 3.63) is 53.3 Å². The standard InChI is InChI=1S/C18H18F3N5O2.C2H6/c1-11-3-5-13(6-4-11)17(7-2-8-17)24-16-22-9-12(10-23-16)14(27)25-26-15(28)18(19,20)21;1-2/h3-6,9-10H,2,7-8H2,1H3,(H,25,27)(H,26,28)(H,22,23,24);1-2H3. The minimum absolute atomic E-state index is 0.0916. The van der Waals surface area contributed by atoms with Crippen LogP contribution in [0.1, 0.15) is 54.6 Å². The van der Waals surface area contributed by atoms with Gasteiger partial charge in [-0.3, -0.25) is 20.4 Å². The first kappa shape index (κ1) is 23.1. The number of aryl methyl sites for hydroxylation is 1. The molecule has 2 amide bonds. The number of hydrogen-bond donors (Lipinski definition) is 3. The molecule has 162 valence electrons. The smallest absolute Gasteiger partial charge is 0.345 e. The third-order valence-electron chi connectivity index (χ3n) is 4.62. The summed E-state index contributed by atoms with van der Waals surface area (Å²) in [4.78, 5) is 30.6. The van der Waals surface area contributed by atoms with E-state index in [1.165, 1.54) is 17.8 Å². The van der Waals surface area contributed by atoms with E-state index in [2.05, 4.69) is 15.3 Å². The van der Waals surface area contributed by atoms with Gasteiger partial charge in [0.15, 0.2) is 0 Å². The predicted molar refractivity (Wildman–Crippen MR) is 105 cm³/mol. The van der Waals surface area contributed by atoms with Crippen molar-refractivity contribution in [1.29, 1.82) is 0 Å². The number of halogens is 3. The second kappa shape index (κ2) is 9.55. The molecule has 0 radical (unpaired) electrons. The molecule has 7 nitrogen and oxygen atoms in total. The molecule has 0 aliphatic heterocycles. The van der Waals surface area contributed by atoms with Crippen molar-refractivity contribution in [2.24, 2.45) is 0 Å². The average molecular weight is 423 g/mol. The van der Waals surface area contributed by atoms with Crippen LogP contribution in [0.3, 0.4) is 0 Å². The molecule has 0 spiro atoms. The van der Waals surface area contributed by atoms with Crippen molar-refractivity contribution >= 4 is 17.8 Å². The van der Waals surface area contributed by atoms with Gasteiger partial charge < -0.3 is 5.32 Å². The zero-order chi connectivity index (χ0) is 22.4. The van der Waals surface area contributed by atoms with E-state index in [1.807, 2.05) is 45.0 Å². The molecule has 0 bridgehead atoms. The molecule has 2 aromatic rings. The molecular formula is C20H24F3N5O2. The van der Waals surface area contributed by atoms with Crippen LogP contribution < -0.4 is 16.2 Å². The van der Waals surface area contributed by atoms with Crippen molar-refractivity contribution < 1.29 is 22.8 Å². The molecule has 1 heterocycles. The Labute approximate surface area is 172 Å². The second-order valence-corrected chi connectivity index (χ2v) is 6.63. The van der Waals surface area contributed by atoms with Crippen LogP contribution in [-0.2, 0) is 10.3 Å². The quantitative estimate of drug-likeness (QED) is 0.653. The van der Waals surface area contributed by atoms with E-state index in [4.69, 9.17) is 0 Å². The van der Waals surface area contributed by atoms with Crippen LogP contribution >= 0.6 is 0 Å². The highest BCUT2D eigenvalue weighted by Crippen LogP contribution is 2.43. The van der Waals surface area contributed by atoms with Gasteiger partial charge in [-0.2, -0.15) is 13.2 Å². The topological polar surface area (TPSA) is 96.0 Å². The van der Waals surface area contributed by atoms with E-state index >= 15 is 0 Å². The number of aromatic nitrogens is 2. The first-order valence-electron chi connectivity index (χ1n) is 9.54. The van der Waals surface area contributed by atoms with Crippen LogP contribution in [0.5, 0.6) is 0 Å². The van der Waals surface area contributed by atoms with Gasteiger partial charge in [0.1, 0.15) is 0 Å². The molecule has 0 unspecified atom stereocenters. The number of carbonyl (C=O) groups excluding carboxylic acids is 2. The lowest BCUT2D eigenvalue weighted by molar-refractivity contribution is -0.174. The summed E-state index contributed by atoms with van der Waals surface area (Å²) < 4.78 is 36.4. The monoisotopic (exact) mass is 423 g/mol. The van der Waals surface area contributed by atoms with Crippen LogP contribution in [0.2, 0.25) is 0 Å². The van der Waals surface area contributed by atoms with Gasteiger partial charge >= 0.3 is 12.1 Å². The fourth-order valence-corrected chi connectivity index (χ4v) is 2.87. The maximum Gasteiger partial charge on any atom is 0.472 e. The number of alkyl halides is 3. The SMILES string of the molecule is CC.Cc1ccc(C2(Nc3ncc(C(=O)NNC(=O)C(F)(F)F)cn3)CCC2)cc1. The number of benzene rings is 1. The lowest BCUT2D eigenvalue weighted by Crippen LogP contribution is -2.47.